The molecule has 0 bridgehead atoms. The number of aliphatic hydroxyl groups is 1. The summed E-state index contributed by atoms with van der Waals surface area (Å²) in [7, 11) is 0. The Labute approximate surface area is 178 Å². The van der Waals surface area contributed by atoms with Crippen LogP contribution < -0.4 is 5.32 Å². The molecular weight excluding hydrogens is 385 g/mol. The third-order valence-corrected chi connectivity index (χ3v) is 9.73. The Balaban J connectivity index is 1.41. The molecule has 4 aliphatic carbocycles. The topological polar surface area (TPSA) is 86.4 Å². The number of hydrogen-bond acceptors (Lipinski definition) is 6. The van der Waals surface area contributed by atoms with Gasteiger partial charge in [-0.15, -0.1) is 0 Å². The second-order valence-corrected chi connectivity index (χ2v) is 11.0. The van der Waals surface area contributed by atoms with Gasteiger partial charge in [-0.2, -0.15) is 0 Å². The Kier molecular flexibility index (Phi) is 5.13. The van der Waals surface area contributed by atoms with Gasteiger partial charge in [0, 0.05) is 25.3 Å². The van der Waals surface area contributed by atoms with Crippen LogP contribution >= 0.6 is 0 Å². The highest BCUT2D eigenvalue weighted by Gasteiger charge is 2.62. The van der Waals surface area contributed by atoms with Crippen LogP contribution in [0.4, 0.5) is 4.39 Å². The van der Waals surface area contributed by atoms with E-state index in [1.165, 1.54) is 0 Å². The summed E-state index contributed by atoms with van der Waals surface area (Å²) < 4.78 is 15.4. The van der Waals surface area contributed by atoms with Gasteiger partial charge in [0.15, 0.2) is 0 Å². The number of nitrogens with one attached hydrogen (secondary N) is 1. The van der Waals surface area contributed by atoms with Crippen molar-refractivity contribution in [3.05, 3.63) is 0 Å². The molecule has 5 aliphatic rings. The summed E-state index contributed by atoms with van der Waals surface area (Å²) in [6.45, 7) is 6.11. The molecule has 9 atom stereocenters. The maximum absolute atomic E-state index is 15.4. The van der Waals surface area contributed by atoms with Crippen molar-refractivity contribution in [1.29, 1.82) is 0 Å². The van der Waals surface area contributed by atoms with E-state index in [0.29, 0.717) is 36.3 Å². The van der Waals surface area contributed by atoms with Crippen molar-refractivity contribution < 1.29 is 19.5 Å². The molecule has 3 N–H and O–H groups in total. The molecule has 0 aromatic carbocycles. The average Bonchev–Trinajstić information content (AvgIpc) is 3.34. The third-order valence-electron chi connectivity index (χ3n) is 9.73. The van der Waals surface area contributed by atoms with Crippen LogP contribution in [0.25, 0.3) is 0 Å². The molecule has 0 aromatic rings. The van der Waals surface area contributed by atoms with Gasteiger partial charge in [-0.25, -0.2) is 4.39 Å². The maximum Gasteiger partial charge on any atom is 0.142 e. The molecule has 1 heterocycles. The summed E-state index contributed by atoms with van der Waals surface area (Å²) in [6.07, 6.45) is 5.10. The number of nitrogens with zero attached hydrogens (tertiary/aromatic N) is 2. The number of fused-ring (bicyclic) bond motifs is 5. The lowest BCUT2D eigenvalue weighted by molar-refractivity contribution is -0.0898. The van der Waals surface area contributed by atoms with Gasteiger partial charge in [0.1, 0.15) is 12.3 Å². The van der Waals surface area contributed by atoms with Gasteiger partial charge in [-0.1, -0.05) is 24.2 Å². The number of hydrogen-bond donors (Lipinski definition) is 3. The van der Waals surface area contributed by atoms with Crippen molar-refractivity contribution in [2.45, 2.75) is 83.6 Å². The minimum Gasteiger partial charge on any atom is -0.411 e. The van der Waals surface area contributed by atoms with E-state index in [1.807, 2.05) is 0 Å². The van der Waals surface area contributed by atoms with Crippen molar-refractivity contribution in [3.8, 4) is 0 Å². The highest BCUT2D eigenvalue weighted by Crippen LogP contribution is 2.65. The van der Waals surface area contributed by atoms with Crippen LogP contribution in [0.15, 0.2) is 10.3 Å². The monoisotopic (exact) mass is 421 g/mol. The van der Waals surface area contributed by atoms with Crippen LogP contribution in [0.3, 0.4) is 0 Å². The molecule has 0 aromatic heterocycles. The fraction of sp³-hybridized carbons (Fsp3) is 0.913. The molecule has 5 rings (SSSR count). The number of alkyl halides is 1. The largest absolute Gasteiger partial charge is 0.411 e. The summed E-state index contributed by atoms with van der Waals surface area (Å²) in [5.41, 5.74) is 0.976. The maximum atomic E-state index is 15.4. The molecule has 168 valence electrons. The molecule has 1 aliphatic heterocycles. The molecule has 5 fully saturated rings. The number of oxime groups is 2. The molecule has 0 amide bonds. The van der Waals surface area contributed by atoms with Crippen LogP contribution in [0.5, 0.6) is 0 Å². The molecule has 7 heteroatoms. The standard InChI is InChI=1S/C23H36FN3O3/c1-22-7-5-16-14(15(22)3-4-21(22)28)9-19(26-29)17-10-20(18(24)11-23(16,17)2)27-30-13-6-8-25-12-13/h13-18,21,25,28-29H,3-12H2,1-2H3/b26-19+,27-20?/t13-,14+,15+,16+,17?,18-,21+,22+,23-/m1/s1. The molecule has 6 nitrogen and oxygen atoms in total. The molecule has 30 heavy (non-hydrogen) atoms. The summed E-state index contributed by atoms with van der Waals surface area (Å²) in [5.74, 6) is 1.19. The quantitative estimate of drug-likeness (QED) is 0.470. The molecular formula is C23H36FN3O3. The smallest absolute Gasteiger partial charge is 0.142 e. The van der Waals surface area contributed by atoms with E-state index in [-0.39, 0.29) is 29.0 Å². The molecule has 4 saturated carbocycles. The van der Waals surface area contributed by atoms with Crippen LogP contribution in [0, 0.1) is 34.5 Å². The van der Waals surface area contributed by atoms with Gasteiger partial charge in [0.25, 0.3) is 0 Å². The third kappa shape index (κ3) is 3.02. The SMILES string of the molecule is C[C@]12CC[C@H]3[C@@H](C/C(=N\O)C4CC(=NO[C@@H]5CCNC5)[C@H](F)C[C@@]43C)[C@@H]1CC[C@@H]2O. The fourth-order valence-electron chi connectivity index (χ4n) is 7.94. The molecule has 1 saturated heterocycles. The minimum absolute atomic E-state index is 0.00971. The van der Waals surface area contributed by atoms with Gasteiger partial charge in [-0.3, -0.25) is 0 Å². The number of halogens is 1. The molecule has 0 spiro atoms. The zero-order valence-corrected chi connectivity index (χ0v) is 18.2. The van der Waals surface area contributed by atoms with E-state index < -0.39 is 6.17 Å². The Bertz CT molecular complexity index is 739. The van der Waals surface area contributed by atoms with E-state index in [1.54, 1.807) is 0 Å². The van der Waals surface area contributed by atoms with E-state index in [4.69, 9.17) is 4.84 Å². The lowest BCUT2D eigenvalue weighted by Gasteiger charge is -2.60. The number of aliphatic hydroxyl groups excluding tert-OH is 1. The highest BCUT2D eigenvalue weighted by molar-refractivity contribution is 5.97. The Morgan fingerprint density at radius 3 is 2.60 bits per heavy atom. The number of rotatable bonds is 2. The van der Waals surface area contributed by atoms with Crippen LogP contribution in [-0.2, 0) is 4.84 Å². The second kappa shape index (κ2) is 7.44. The summed E-state index contributed by atoms with van der Waals surface area (Å²) in [6, 6.07) is 0. The zero-order chi connectivity index (χ0) is 21.1. The lowest BCUT2D eigenvalue weighted by Crippen LogP contribution is -2.58. The molecule has 1 unspecified atom stereocenters. The summed E-state index contributed by atoms with van der Waals surface area (Å²) >= 11 is 0. The van der Waals surface area contributed by atoms with Crippen molar-refractivity contribution in [1.82, 2.24) is 5.32 Å². The van der Waals surface area contributed by atoms with Crippen LogP contribution in [0.2, 0.25) is 0 Å². The van der Waals surface area contributed by atoms with Crippen molar-refractivity contribution in [2.75, 3.05) is 13.1 Å². The fourth-order valence-corrected chi connectivity index (χ4v) is 7.94. The van der Waals surface area contributed by atoms with Crippen LogP contribution in [-0.4, -0.2) is 53.2 Å². The Hall–Kier alpha value is -1.21. The van der Waals surface area contributed by atoms with E-state index in [0.717, 1.165) is 57.3 Å². The second-order valence-electron chi connectivity index (χ2n) is 11.0. The first-order chi connectivity index (χ1) is 14.4. The predicted octanol–water partition coefficient (Wildman–Crippen LogP) is 3.51. The molecule has 0 radical (unpaired) electrons. The van der Waals surface area contributed by atoms with E-state index >= 15 is 4.39 Å². The average molecular weight is 422 g/mol. The van der Waals surface area contributed by atoms with Gasteiger partial charge >= 0.3 is 0 Å². The first-order valence-corrected chi connectivity index (χ1v) is 11.8. The van der Waals surface area contributed by atoms with E-state index in [9.17, 15) is 10.3 Å². The lowest BCUT2D eigenvalue weighted by atomic mass is 9.44. The highest BCUT2D eigenvalue weighted by atomic mass is 19.1. The zero-order valence-electron chi connectivity index (χ0n) is 18.2. The first-order valence-electron chi connectivity index (χ1n) is 11.8. The Morgan fingerprint density at radius 2 is 1.87 bits per heavy atom. The van der Waals surface area contributed by atoms with E-state index in [2.05, 4.69) is 29.5 Å². The van der Waals surface area contributed by atoms with Gasteiger partial charge < -0.3 is 20.5 Å². The van der Waals surface area contributed by atoms with Crippen molar-refractivity contribution in [2.24, 2.45) is 44.8 Å². The summed E-state index contributed by atoms with van der Waals surface area (Å²) in [5, 5.41) is 31.8. The van der Waals surface area contributed by atoms with Gasteiger partial charge in [0.2, 0.25) is 0 Å². The first kappa shape index (κ1) is 20.7. The van der Waals surface area contributed by atoms with Gasteiger partial charge in [0.05, 0.1) is 17.5 Å². The van der Waals surface area contributed by atoms with Crippen molar-refractivity contribution >= 4 is 11.4 Å². The van der Waals surface area contributed by atoms with Gasteiger partial charge in [-0.05, 0) is 73.7 Å². The minimum atomic E-state index is -1.11. The predicted molar refractivity (Wildman–Crippen MR) is 112 cm³/mol. The van der Waals surface area contributed by atoms with Crippen LogP contribution in [0.1, 0.15) is 65.2 Å². The normalized spacial score (nSPS) is 53.4. The summed E-state index contributed by atoms with van der Waals surface area (Å²) in [4.78, 5) is 5.64. The van der Waals surface area contributed by atoms with Crippen molar-refractivity contribution in [3.63, 3.8) is 0 Å². The Morgan fingerprint density at radius 1 is 1.07 bits per heavy atom.